The van der Waals surface area contributed by atoms with Crippen LogP contribution in [0.3, 0.4) is 0 Å². The minimum Gasteiger partial charge on any atom is -0.396 e. The Labute approximate surface area is 114 Å². The molecule has 104 valence electrons. The minimum atomic E-state index is -0.246. The second-order valence-electron chi connectivity index (χ2n) is 5.27. The molecule has 1 N–H and O–H groups in total. The van der Waals surface area contributed by atoms with E-state index in [0.717, 1.165) is 18.8 Å². The van der Waals surface area contributed by atoms with Gasteiger partial charge in [0.15, 0.2) is 0 Å². The number of piperazine rings is 1. The van der Waals surface area contributed by atoms with Crippen molar-refractivity contribution in [2.24, 2.45) is 0 Å². The third kappa shape index (κ3) is 2.73. The van der Waals surface area contributed by atoms with Crippen molar-refractivity contribution in [3.05, 3.63) is 29.3 Å². The van der Waals surface area contributed by atoms with E-state index < -0.39 is 0 Å². The van der Waals surface area contributed by atoms with E-state index in [9.17, 15) is 9.90 Å². The Hall–Kier alpha value is -1.55. The molecular formula is C15H22N2O2. The molecule has 0 bridgehead atoms. The Balaban J connectivity index is 2.35. The van der Waals surface area contributed by atoms with Crippen molar-refractivity contribution in [1.82, 2.24) is 4.90 Å². The van der Waals surface area contributed by atoms with E-state index in [1.54, 1.807) is 4.90 Å². The van der Waals surface area contributed by atoms with Crippen molar-refractivity contribution >= 4 is 11.6 Å². The van der Waals surface area contributed by atoms with Gasteiger partial charge in [-0.25, -0.2) is 0 Å². The molecule has 19 heavy (non-hydrogen) atoms. The molecule has 0 aliphatic carbocycles. The fourth-order valence-corrected chi connectivity index (χ4v) is 2.63. The summed E-state index contributed by atoms with van der Waals surface area (Å²) in [6.07, 6.45) is 0.483. The molecule has 1 amide bonds. The predicted octanol–water partition coefficient (Wildman–Crippen LogP) is 1.33. The fourth-order valence-electron chi connectivity index (χ4n) is 2.63. The van der Waals surface area contributed by atoms with E-state index >= 15 is 0 Å². The van der Waals surface area contributed by atoms with Crippen molar-refractivity contribution in [1.29, 1.82) is 0 Å². The quantitative estimate of drug-likeness (QED) is 0.894. The van der Waals surface area contributed by atoms with Crippen LogP contribution in [0.15, 0.2) is 18.2 Å². The standard InChI is InChI=1S/C15H22N2O2/c1-11-4-5-12(2)14(10-11)17-8-7-16(3)15(19)13(17)6-9-18/h4-5,10,13,18H,6-9H2,1-3H3. The number of nitrogens with zero attached hydrogens (tertiary/aromatic N) is 2. The molecule has 1 aliphatic rings. The second-order valence-corrected chi connectivity index (χ2v) is 5.27. The van der Waals surface area contributed by atoms with E-state index in [1.807, 2.05) is 7.05 Å². The smallest absolute Gasteiger partial charge is 0.245 e. The van der Waals surface area contributed by atoms with E-state index in [4.69, 9.17) is 0 Å². The Bertz CT molecular complexity index is 473. The van der Waals surface area contributed by atoms with E-state index in [1.165, 1.54) is 11.1 Å². The van der Waals surface area contributed by atoms with Crippen molar-refractivity contribution in [2.75, 3.05) is 31.6 Å². The van der Waals surface area contributed by atoms with Gasteiger partial charge in [-0.2, -0.15) is 0 Å². The van der Waals surface area contributed by atoms with Gasteiger partial charge in [0, 0.05) is 32.4 Å². The van der Waals surface area contributed by atoms with Crippen molar-refractivity contribution < 1.29 is 9.90 Å². The number of anilines is 1. The van der Waals surface area contributed by atoms with Crippen LogP contribution in [0.4, 0.5) is 5.69 Å². The molecule has 1 atom stereocenters. The van der Waals surface area contributed by atoms with Gasteiger partial charge in [-0.3, -0.25) is 4.79 Å². The van der Waals surface area contributed by atoms with Gasteiger partial charge in [-0.15, -0.1) is 0 Å². The fraction of sp³-hybridized carbons (Fsp3) is 0.533. The van der Waals surface area contributed by atoms with Crippen LogP contribution in [0.1, 0.15) is 17.5 Å². The van der Waals surface area contributed by atoms with Crippen LogP contribution in [0.2, 0.25) is 0 Å². The van der Waals surface area contributed by atoms with Gasteiger partial charge >= 0.3 is 0 Å². The number of aliphatic hydroxyl groups excluding tert-OH is 1. The lowest BCUT2D eigenvalue weighted by Gasteiger charge is -2.41. The van der Waals surface area contributed by atoms with Crippen LogP contribution >= 0.6 is 0 Å². The van der Waals surface area contributed by atoms with E-state index in [-0.39, 0.29) is 18.6 Å². The minimum absolute atomic E-state index is 0.0333. The zero-order valence-corrected chi connectivity index (χ0v) is 11.9. The molecule has 0 spiro atoms. The topological polar surface area (TPSA) is 43.8 Å². The zero-order valence-electron chi connectivity index (χ0n) is 11.9. The van der Waals surface area contributed by atoms with Crippen LogP contribution in [0, 0.1) is 13.8 Å². The average molecular weight is 262 g/mol. The molecule has 1 unspecified atom stereocenters. The summed E-state index contributed by atoms with van der Waals surface area (Å²) < 4.78 is 0. The summed E-state index contributed by atoms with van der Waals surface area (Å²) in [7, 11) is 1.83. The maximum Gasteiger partial charge on any atom is 0.245 e. The normalized spacial score (nSPS) is 20.0. The molecular weight excluding hydrogens is 240 g/mol. The highest BCUT2D eigenvalue weighted by molar-refractivity contribution is 5.86. The third-order valence-electron chi connectivity index (χ3n) is 3.79. The number of carbonyl (C=O) groups is 1. The maximum atomic E-state index is 12.3. The Morgan fingerprint density at radius 1 is 1.32 bits per heavy atom. The summed E-state index contributed by atoms with van der Waals surface area (Å²) >= 11 is 0. The second kappa shape index (κ2) is 5.61. The van der Waals surface area contributed by atoms with E-state index in [2.05, 4.69) is 36.9 Å². The highest BCUT2D eigenvalue weighted by Gasteiger charge is 2.33. The Kier molecular flexibility index (Phi) is 4.10. The third-order valence-corrected chi connectivity index (χ3v) is 3.79. The van der Waals surface area contributed by atoms with Crippen LogP contribution < -0.4 is 4.90 Å². The van der Waals surface area contributed by atoms with Gasteiger partial charge in [-0.05, 0) is 37.5 Å². The molecule has 0 aromatic heterocycles. The van der Waals surface area contributed by atoms with E-state index in [0.29, 0.717) is 6.42 Å². The summed E-state index contributed by atoms with van der Waals surface area (Å²) in [5, 5.41) is 9.21. The SMILES string of the molecule is Cc1ccc(C)c(N2CCN(C)C(=O)C2CCO)c1. The van der Waals surface area contributed by atoms with Crippen LogP contribution in [0.25, 0.3) is 0 Å². The monoisotopic (exact) mass is 262 g/mol. The summed E-state index contributed by atoms with van der Waals surface area (Å²) in [5.41, 5.74) is 3.47. The first-order valence-electron chi connectivity index (χ1n) is 6.74. The summed E-state index contributed by atoms with van der Waals surface area (Å²) in [4.78, 5) is 16.2. The first kappa shape index (κ1) is 13.9. The predicted molar refractivity (Wildman–Crippen MR) is 76.4 cm³/mol. The number of carbonyl (C=O) groups excluding carboxylic acids is 1. The zero-order chi connectivity index (χ0) is 14.0. The number of aliphatic hydroxyl groups is 1. The summed E-state index contributed by atoms with van der Waals surface area (Å²) in [5.74, 6) is 0.0983. The van der Waals surface area contributed by atoms with Crippen molar-refractivity contribution in [2.45, 2.75) is 26.3 Å². The molecule has 1 fully saturated rings. The van der Waals surface area contributed by atoms with Gasteiger partial charge < -0.3 is 14.9 Å². The van der Waals surface area contributed by atoms with Crippen LogP contribution in [-0.4, -0.2) is 48.7 Å². The molecule has 0 saturated carbocycles. The number of hydrogen-bond donors (Lipinski definition) is 1. The lowest BCUT2D eigenvalue weighted by molar-refractivity contribution is -0.133. The molecule has 0 radical (unpaired) electrons. The number of hydrogen-bond acceptors (Lipinski definition) is 3. The molecule has 1 aromatic carbocycles. The van der Waals surface area contributed by atoms with Gasteiger partial charge in [0.2, 0.25) is 5.91 Å². The lowest BCUT2D eigenvalue weighted by Crippen LogP contribution is -2.56. The molecule has 2 rings (SSSR count). The van der Waals surface area contributed by atoms with Gasteiger partial charge in [-0.1, -0.05) is 12.1 Å². The van der Waals surface area contributed by atoms with Crippen molar-refractivity contribution in [3.63, 3.8) is 0 Å². The molecule has 4 nitrogen and oxygen atoms in total. The first-order valence-corrected chi connectivity index (χ1v) is 6.74. The lowest BCUT2D eigenvalue weighted by atomic mass is 10.0. The van der Waals surface area contributed by atoms with Crippen molar-refractivity contribution in [3.8, 4) is 0 Å². The highest BCUT2D eigenvalue weighted by Crippen LogP contribution is 2.27. The first-order chi connectivity index (χ1) is 9.04. The number of rotatable bonds is 3. The number of likely N-dealkylation sites (N-methyl/N-ethyl adjacent to an activating group) is 1. The molecule has 1 heterocycles. The molecule has 4 heteroatoms. The van der Waals surface area contributed by atoms with Crippen LogP contribution in [-0.2, 0) is 4.79 Å². The van der Waals surface area contributed by atoms with Gasteiger partial charge in [0.05, 0.1) is 0 Å². The summed E-state index contributed by atoms with van der Waals surface area (Å²) in [6.45, 7) is 5.70. The largest absolute Gasteiger partial charge is 0.396 e. The maximum absolute atomic E-state index is 12.3. The number of amides is 1. The number of aryl methyl sites for hydroxylation is 2. The van der Waals surface area contributed by atoms with Gasteiger partial charge in [0.25, 0.3) is 0 Å². The number of benzene rings is 1. The van der Waals surface area contributed by atoms with Crippen LogP contribution in [0.5, 0.6) is 0 Å². The average Bonchev–Trinajstić information content (AvgIpc) is 2.39. The highest BCUT2D eigenvalue weighted by atomic mass is 16.3. The molecule has 1 saturated heterocycles. The summed E-state index contributed by atoms with van der Waals surface area (Å²) in [6, 6.07) is 6.05. The molecule has 1 aromatic rings. The van der Waals surface area contributed by atoms with Gasteiger partial charge in [0.1, 0.15) is 6.04 Å². The molecule has 1 aliphatic heterocycles. The Morgan fingerprint density at radius 3 is 2.74 bits per heavy atom. The Morgan fingerprint density at radius 2 is 2.05 bits per heavy atom.